The normalized spacial score (nSPS) is 10.3. The lowest BCUT2D eigenvalue weighted by molar-refractivity contribution is 0.277. The zero-order chi connectivity index (χ0) is 10.7. The first-order valence-electron chi connectivity index (χ1n) is 4.48. The number of aliphatic hydroxyl groups excluding tert-OH is 1. The van der Waals surface area contributed by atoms with Crippen LogP contribution in [0.3, 0.4) is 0 Å². The van der Waals surface area contributed by atoms with Crippen molar-refractivity contribution in [3.05, 3.63) is 47.5 Å². The molecule has 0 radical (unpaired) electrons. The van der Waals surface area contributed by atoms with Gasteiger partial charge in [-0.1, -0.05) is 11.6 Å². The summed E-state index contributed by atoms with van der Waals surface area (Å²) in [6, 6.07) is 7.32. The van der Waals surface area contributed by atoms with Gasteiger partial charge in [-0.2, -0.15) is 0 Å². The van der Waals surface area contributed by atoms with Gasteiger partial charge in [-0.15, -0.1) is 0 Å². The van der Waals surface area contributed by atoms with Crippen LogP contribution < -0.4 is 0 Å². The van der Waals surface area contributed by atoms with E-state index in [0.29, 0.717) is 10.8 Å². The molecule has 0 saturated carbocycles. The van der Waals surface area contributed by atoms with E-state index in [1.54, 1.807) is 18.5 Å². The van der Waals surface area contributed by atoms with Gasteiger partial charge in [0.1, 0.15) is 5.15 Å². The number of nitrogens with zero attached hydrogens (tertiary/aromatic N) is 2. The number of hydrogen-bond acceptors (Lipinski definition) is 3. The fraction of sp³-hybridized carbons (Fsp3) is 0.0909. The Labute approximate surface area is 92.4 Å². The van der Waals surface area contributed by atoms with E-state index in [1.165, 1.54) is 0 Å². The van der Waals surface area contributed by atoms with Crippen molar-refractivity contribution >= 4 is 11.6 Å². The zero-order valence-electron chi connectivity index (χ0n) is 7.89. The van der Waals surface area contributed by atoms with Crippen molar-refractivity contribution in [3.8, 4) is 11.1 Å². The molecule has 0 aromatic carbocycles. The Balaban J connectivity index is 2.46. The van der Waals surface area contributed by atoms with Crippen LogP contribution in [0.1, 0.15) is 5.69 Å². The molecule has 76 valence electrons. The summed E-state index contributed by atoms with van der Waals surface area (Å²) in [5.41, 5.74) is 2.38. The van der Waals surface area contributed by atoms with Crippen LogP contribution in [0, 0.1) is 0 Å². The maximum absolute atomic E-state index is 8.89. The van der Waals surface area contributed by atoms with E-state index < -0.39 is 0 Å². The smallest absolute Gasteiger partial charge is 0.137 e. The summed E-state index contributed by atoms with van der Waals surface area (Å²) in [4.78, 5) is 7.99. The summed E-state index contributed by atoms with van der Waals surface area (Å²) in [7, 11) is 0. The molecule has 0 aliphatic carbocycles. The molecule has 0 aliphatic rings. The number of aliphatic hydroxyl groups is 1. The minimum Gasteiger partial charge on any atom is -0.390 e. The Morgan fingerprint density at radius 1 is 1.13 bits per heavy atom. The number of hydrogen-bond donors (Lipinski definition) is 1. The van der Waals surface area contributed by atoms with Gasteiger partial charge >= 0.3 is 0 Å². The molecule has 0 unspecified atom stereocenters. The minimum absolute atomic E-state index is 0.101. The van der Waals surface area contributed by atoms with Crippen LogP contribution in [0.15, 0.2) is 36.7 Å². The van der Waals surface area contributed by atoms with Crippen LogP contribution >= 0.6 is 11.6 Å². The standard InChI is InChI=1S/C11H9ClN2O/c12-11-10(2-1-9(7-15)14-11)8-3-5-13-6-4-8/h1-6,15H,7H2. The third kappa shape index (κ3) is 2.14. The first-order chi connectivity index (χ1) is 7.31. The van der Waals surface area contributed by atoms with Crippen molar-refractivity contribution < 1.29 is 5.11 Å². The predicted octanol–water partition coefficient (Wildman–Crippen LogP) is 2.29. The second-order valence-electron chi connectivity index (χ2n) is 3.03. The van der Waals surface area contributed by atoms with Gasteiger partial charge in [0.15, 0.2) is 0 Å². The van der Waals surface area contributed by atoms with Crippen molar-refractivity contribution in [3.63, 3.8) is 0 Å². The number of halogens is 1. The first-order valence-corrected chi connectivity index (χ1v) is 4.86. The molecule has 0 atom stereocenters. The van der Waals surface area contributed by atoms with Gasteiger partial charge in [0.05, 0.1) is 12.3 Å². The van der Waals surface area contributed by atoms with Gasteiger partial charge in [-0.25, -0.2) is 4.98 Å². The summed E-state index contributed by atoms with van der Waals surface area (Å²) in [6.07, 6.45) is 3.40. The topological polar surface area (TPSA) is 46.0 Å². The van der Waals surface area contributed by atoms with Crippen LogP contribution in [0.2, 0.25) is 5.15 Å². The van der Waals surface area contributed by atoms with Crippen molar-refractivity contribution in [1.82, 2.24) is 9.97 Å². The second kappa shape index (κ2) is 4.38. The molecule has 0 bridgehead atoms. The van der Waals surface area contributed by atoms with Gasteiger partial charge in [-0.3, -0.25) is 4.98 Å². The number of pyridine rings is 2. The molecule has 0 saturated heterocycles. The van der Waals surface area contributed by atoms with Gasteiger partial charge in [0.25, 0.3) is 0 Å². The fourth-order valence-corrected chi connectivity index (χ4v) is 1.59. The monoisotopic (exact) mass is 220 g/mol. The van der Waals surface area contributed by atoms with E-state index in [1.807, 2.05) is 18.2 Å². The minimum atomic E-state index is -0.101. The van der Waals surface area contributed by atoms with Gasteiger partial charge < -0.3 is 5.11 Å². The Morgan fingerprint density at radius 3 is 2.47 bits per heavy atom. The van der Waals surface area contributed by atoms with Crippen molar-refractivity contribution in [1.29, 1.82) is 0 Å². The van der Waals surface area contributed by atoms with E-state index in [-0.39, 0.29) is 6.61 Å². The Bertz CT molecular complexity index is 459. The van der Waals surface area contributed by atoms with Crippen LogP contribution in [0.25, 0.3) is 11.1 Å². The van der Waals surface area contributed by atoms with E-state index in [0.717, 1.165) is 11.1 Å². The van der Waals surface area contributed by atoms with Crippen molar-refractivity contribution in [2.24, 2.45) is 0 Å². The van der Waals surface area contributed by atoms with Gasteiger partial charge in [-0.05, 0) is 29.8 Å². The van der Waals surface area contributed by atoms with Gasteiger partial charge in [0.2, 0.25) is 0 Å². The molecule has 0 amide bonds. The Hall–Kier alpha value is -1.45. The highest BCUT2D eigenvalue weighted by Crippen LogP contribution is 2.25. The molecule has 0 fully saturated rings. The lowest BCUT2D eigenvalue weighted by atomic mass is 10.1. The SMILES string of the molecule is OCc1ccc(-c2ccncc2)c(Cl)n1. The largest absolute Gasteiger partial charge is 0.390 e. The summed E-state index contributed by atoms with van der Waals surface area (Å²) in [6.45, 7) is -0.101. The van der Waals surface area contributed by atoms with E-state index in [4.69, 9.17) is 16.7 Å². The molecular formula is C11H9ClN2O. The number of aromatic nitrogens is 2. The maximum Gasteiger partial charge on any atom is 0.137 e. The maximum atomic E-state index is 8.89. The summed E-state index contributed by atoms with van der Waals surface area (Å²) in [5, 5.41) is 9.29. The molecule has 2 heterocycles. The third-order valence-corrected chi connectivity index (χ3v) is 2.35. The molecule has 15 heavy (non-hydrogen) atoms. The quantitative estimate of drug-likeness (QED) is 0.790. The lowest BCUT2D eigenvalue weighted by Gasteiger charge is -2.04. The first kappa shape index (κ1) is 10.1. The van der Waals surface area contributed by atoms with Crippen LogP contribution in [-0.2, 0) is 6.61 Å². The highest BCUT2D eigenvalue weighted by molar-refractivity contribution is 6.32. The molecule has 0 aliphatic heterocycles. The summed E-state index contributed by atoms with van der Waals surface area (Å²) in [5.74, 6) is 0. The zero-order valence-corrected chi connectivity index (χ0v) is 8.65. The number of rotatable bonds is 2. The Kier molecular flexibility index (Phi) is 2.94. The van der Waals surface area contributed by atoms with Crippen molar-refractivity contribution in [2.75, 3.05) is 0 Å². The molecule has 4 heteroatoms. The molecule has 2 rings (SSSR count). The van der Waals surface area contributed by atoms with E-state index >= 15 is 0 Å². The molecule has 2 aromatic heterocycles. The second-order valence-corrected chi connectivity index (χ2v) is 3.39. The van der Waals surface area contributed by atoms with Gasteiger partial charge in [0, 0.05) is 18.0 Å². The summed E-state index contributed by atoms with van der Waals surface area (Å²) >= 11 is 6.00. The van der Waals surface area contributed by atoms with E-state index in [2.05, 4.69) is 9.97 Å². The highest BCUT2D eigenvalue weighted by atomic mass is 35.5. The average molecular weight is 221 g/mol. The van der Waals surface area contributed by atoms with Crippen molar-refractivity contribution in [2.45, 2.75) is 6.61 Å². The van der Waals surface area contributed by atoms with Crippen LogP contribution in [0.5, 0.6) is 0 Å². The van der Waals surface area contributed by atoms with E-state index in [9.17, 15) is 0 Å². The summed E-state index contributed by atoms with van der Waals surface area (Å²) < 4.78 is 0. The predicted molar refractivity (Wildman–Crippen MR) is 58.4 cm³/mol. The third-order valence-electron chi connectivity index (χ3n) is 2.06. The molecule has 3 nitrogen and oxygen atoms in total. The molecular weight excluding hydrogens is 212 g/mol. The van der Waals surface area contributed by atoms with Crippen LogP contribution in [0.4, 0.5) is 0 Å². The molecule has 0 spiro atoms. The average Bonchev–Trinajstić information content (AvgIpc) is 2.30. The molecule has 1 N–H and O–H groups in total. The van der Waals surface area contributed by atoms with Crippen LogP contribution in [-0.4, -0.2) is 15.1 Å². The Morgan fingerprint density at radius 2 is 1.87 bits per heavy atom. The molecule has 2 aromatic rings. The lowest BCUT2D eigenvalue weighted by Crippen LogP contribution is -1.91. The fourth-order valence-electron chi connectivity index (χ4n) is 1.31. The highest BCUT2D eigenvalue weighted by Gasteiger charge is 2.05.